The standard InChI is InChI=1S/C36H42N10O3.2ClH/c37-28(19-26-22-42-32(44-26)24-12-5-2-6-13-24)33(47)46-31(18-25-21-41-29-15-8-7-14-27(25)29)35(49)45-30(16-9-17-40-36(38)39)34(48)43-20-23-10-3-1-4-11-23;;/h1-8,10-15,21-22,28,30-31,41H,9,16-20,37H2,(H,42,44)(H,43,48)(H,45,49)(H,46,47)(H4,38,39,40);2*1H/t28-,30-,31-;;/m0../s1. The van der Waals surface area contributed by atoms with Crippen LogP contribution in [0.4, 0.5) is 0 Å². The summed E-state index contributed by atoms with van der Waals surface area (Å²) in [5.41, 5.74) is 21.5. The summed E-state index contributed by atoms with van der Waals surface area (Å²) in [7, 11) is 0. The van der Waals surface area contributed by atoms with Crippen molar-refractivity contribution in [3.63, 3.8) is 0 Å². The summed E-state index contributed by atoms with van der Waals surface area (Å²) in [5.74, 6) is -0.812. The van der Waals surface area contributed by atoms with Gasteiger partial charge in [0.15, 0.2) is 5.96 Å². The zero-order valence-corrected chi connectivity index (χ0v) is 29.5. The van der Waals surface area contributed by atoms with Crippen molar-refractivity contribution >= 4 is 59.4 Å². The summed E-state index contributed by atoms with van der Waals surface area (Å²) >= 11 is 0. The molecule has 0 saturated heterocycles. The second-order valence-electron chi connectivity index (χ2n) is 11.8. The van der Waals surface area contributed by atoms with E-state index in [1.165, 1.54) is 0 Å². The number of halogens is 2. The SMILES string of the molecule is Cl.Cl.NC(N)=NCCC[C@H](NC(=O)[C@H](Cc1c[nH]c2ccccc12)NC(=O)[C@@H](N)Cc1cnc(-c2ccccc2)[nH]1)C(=O)NCc1ccccc1. The molecule has 51 heavy (non-hydrogen) atoms. The van der Waals surface area contributed by atoms with Gasteiger partial charge in [-0.3, -0.25) is 19.4 Å². The molecule has 11 N–H and O–H groups in total. The molecular weight excluding hydrogens is 691 g/mol. The van der Waals surface area contributed by atoms with Crippen LogP contribution in [0.1, 0.15) is 29.7 Å². The Morgan fingerprint density at radius 2 is 1.47 bits per heavy atom. The first-order valence-corrected chi connectivity index (χ1v) is 16.1. The van der Waals surface area contributed by atoms with E-state index in [4.69, 9.17) is 17.2 Å². The molecule has 2 aromatic heterocycles. The number of hydrogen-bond acceptors (Lipinski definition) is 6. The van der Waals surface area contributed by atoms with Gasteiger partial charge >= 0.3 is 0 Å². The molecule has 3 atom stereocenters. The summed E-state index contributed by atoms with van der Waals surface area (Å²) in [6, 6.07) is 23.8. The Bertz CT molecular complexity index is 1880. The summed E-state index contributed by atoms with van der Waals surface area (Å²) in [6.45, 7) is 0.564. The summed E-state index contributed by atoms with van der Waals surface area (Å²) < 4.78 is 0. The molecule has 5 aromatic rings. The first-order chi connectivity index (χ1) is 23.8. The second kappa shape index (κ2) is 19.7. The second-order valence-corrected chi connectivity index (χ2v) is 11.8. The molecule has 3 amide bonds. The highest BCUT2D eigenvalue weighted by atomic mass is 35.5. The largest absolute Gasteiger partial charge is 0.370 e. The lowest BCUT2D eigenvalue weighted by Gasteiger charge is -2.24. The number of benzene rings is 3. The molecule has 0 radical (unpaired) electrons. The maximum atomic E-state index is 14.0. The molecule has 2 heterocycles. The van der Waals surface area contributed by atoms with E-state index in [1.807, 2.05) is 91.1 Å². The van der Waals surface area contributed by atoms with E-state index >= 15 is 0 Å². The van der Waals surface area contributed by atoms with Crippen molar-refractivity contribution in [1.29, 1.82) is 0 Å². The normalized spacial score (nSPS) is 12.3. The fourth-order valence-corrected chi connectivity index (χ4v) is 5.50. The quantitative estimate of drug-likeness (QED) is 0.0430. The number of rotatable bonds is 16. The van der Waals surface area contributed by atoms with Crippen LogP contribution in [0.2, 0.25) is 0 Å². The maximum Gasteiger partial charge on any atom is 0.243 e. The fourth-order valence-electron chi connectivity index (χ4n) is 5.50. The molecule has 0 saturated carbocycles. The number of fused-ring (bicyclic) bond motifs is 1. The number of hydrogen-bond donors (Lipinski definition) is 8. The molecule has 0 bridgehead atoms. The Morgan fingerprint density at radius 3 is 2.20 bits per heavy atom. The lowest BCUT2D eigenvalue weighted by atomic mass is 10.0. The molecule has 0 spiro atoms. The van der Waals surface area contributed by atoms with Crippen LogP contribution in [0.15, 0.2) is 102 Å². The Hall–Kier alpha value is -5.37. The first kappa shape index (κ1) is 40.1. The number of aromatic nitrogens is 3. The van der Waals surface area contributed by atoms with Gasteiger partial charge in [0.1, 0.15) is 17.9 Å². The number of aromatic amines is 2. The topological polar surface area (TPSA) is 222 Å². The van der Waals surface area contributed by atoms with Gasteiger partial charge in [-0.25, -0.2) is 4.98 Å². The molecule has 3 aromatic carbocycles. The van der Waals surface area contributed by atoms with Crippen LogP contribution < -0.4 is 33.2 Å². The van der Waals surface area contributed by atoms with Crippen LogP contribution in [0.3, 0.4) is 0 Å². The van der Waals surface area contributed by atoms with Crippen LogP contribution in [-0.2, 0) is 33.8 Å². The number of guanidine groups is 1. The number of carbonyl (C=O) groups is 3. The highest BCUT2D eigenvalue weighted by Crippen LogP contribution is 2.20. The zero-order chi connectivity index (χ0) is 34.6. The third-order valence-corrected chi connectivity index (χ3v) is 8.07. The number of imidazole rings is 1. The van der Waals surface area contributed by atoms with Crippen LogP contribution in [0.25, 0.3) is 22.3 Å². The highest BCUT2D eigenvalue weighted by Gasteiger charge is 2.29. The van der Waals surface area contributed by atoms with Crippen LogP contribution >= 0.6 is 24.8 Å². The van der Waals surface area contributed by atoms with E-state index in [-0.39, 0.29) is 69.0 Å². The number of H-pyrrole nitrogens is 2. The molecule has 13 nitrogen and oxygen atoms in total. The van der Waals surface area contributed by atoms with Gasteiger partial charge in [0.2, 0.25) is 17.7 Å². The van der Waals surface area contributed by atoms with Crippen LogP contribution in [0, 0.1) is 0 Å². The Labute approximate surface area is 308 Å². The van der Waals surface area contributed by atoms with E-state index in [0.717, 1.165) is 27.6 Å². The number of nitrogens with one attached hydrogen (secondary N) is 5. The van der Waals surface area contributed by atoms with Gasteiger partial charge in [0.05, 0.1) is 6.04 Å². The van der Waals surface area contributed by atoms with Gasteiger partial charge in [-0.05, 0) is 30.0 Å². The summed E-state index contributed by atoms with van der Waals surface area (Å²) in [4.78, 5) is 55.7. The molecule has 5 rings (SSSR count). The van der Waals surface area contributed by atoms with Gasteiger partial charge in [-0.1, -0.05) is 78.9 Å². The molecule has 270 valence electrons. The average Bonchev–Trinajstić information content (AvgIpc) is 3.76. The number of para-hydroxylation sites is 1. The van der Waals surface area contributed by atoms with Crippen molar-refractivity contribution in [2.75, 3.05) is 6.54 Å². The Kier molecular flexibility index (Phi) is 15.5. The van der Waals surface area contributed by atoms with Gasteiger partial charge in [-0.15, -0.1) is 24.8 Å². The number of aliphatic imine (C=N–C) groups is 1. The van der Waals surface area contributed by atoms with Crippen LogP contribution in [0.5, 0.6) is 0 Å². The maximum absolute atomic E-state index is 14.0. The van der Waals surface area contributed by atoms with E-state index in [1.54, 1.807) is 6.20 Å². The monoisotopic (exact) mass is 734 g/mol. The van der Waals surface area contributed by atoms with Crippen LogP contribution in [-0.4, -0.2) is 63.3 Å². The molecule has 0 fully saturated rings. The minimum Gasteiger partial charge on any atom is -0.370 e. The summed E-state index contributed by atoms with van der Waals surface area (Å²) in [6.07, 6.45) is 4.48. The first-order valence-electron chi connectivity index (χ1n) is 16.1. The van der Waals surface area contributed by atoms with E-state index in [0.29, 0.717) is 17.9 Å². The number of amides is 3. The van der Waals surface area contributed by atoms with Crippen molar-refractivity contribution < 1.29 is 14.4 Å². The van der Waals surface area contributed by atoms with Crippen molar-refractivity contribution in [1.82, 2.24) is 30.9 Å². The average molecular weight is 736 g/mol. The Balaban J connectivity index is 0.00000351. The molecule has 15 heteroatoms. The minimum atomic E-state index is -1.04. The van der Waals surface area contributed by atoms with E-state index < -0.39 is 29.9 Å². The zero-order valence-electron chi connectivity index (χ0n) is 27.9. The lowest BCUT2D eigenvalue weighted by molar-refractivity contribution is -0.132. The molecule has 0 aliphatic rings. The van der Waals surface area contributed by atoms with Gasteiger partial charge in [-0.2, -0.15) is 0 Å². The predicted molar refractivity (Wildman–Crippen MR) is 204 cm³/mol. The van der Waals surface area contributed by atoms with Gasteiger partial charge in [0.25, 0.3) is 0 Å². The number of nitrogens with two attached hydrogens (primary N) is 3. The van der Waals surface area contributed by atoms with Crippen molar-refractivity contribution in [2.24, 2.45) is 22.2 Å². The molecular formula is C36H44Cl2N10O3. The highest BCUT2D eigenvalue weighted by molar-refractivity contribution is 5.94. The van der Waals surface area contributed by atoms with Crippen molar-refractivity contribution in [2.45, 2.75) is 50.4 Å². The molecule has 0 aliphatic heterocycles. The third kappa shape index (κ3) is 11.6. The van der Waals surface area contributed by atoms with Crippen molar-refractivity contribution in [3.8, 4) is 11.4 Å². The minimum absolute atomic E-state index is 0. The fraction of sp³-hybridized carbons (Fsp3) is 0.250. The molecule has 0 unspecified atom stereocenters. The van der Waals surface area contributed by atoms with E-state index in [2.05, 4.69) is 35.9 Å². The third-order valence-electron chi connectivity index (χ3n) is 8.07. The number of nitrogens with zero attached hydrogens (tertiary/aromatic N) is 2. The van der Waals surface area contributed by atoms with Crippen molar-refractivity contribution in [3.05, 3.63) is 114 Å². The van der Waals surface area contributed by atoms with E-state index in [9.17, 15) is 14.4 Å². The summed E-state index contributed by atoms with van der Waals surface area (Å²) in [5, 5.41) is 9.54. The van der Waals surface area contributed by atoms with Gasteiger partial charge in [0, 0.05) is 60.5 Å². The predicted octanol–water partition coefficient (Wildman–Crippen LogP) is 2.85. The number of carbonyl (C=O) groups excluding carboxylic acids is 3. The Morgan fingerprint density at radius 1 is 0.804 bits per heavy atom. The van der Waals surface area contributed by atoms with Gasteiger partial charge < -0.3 is 43.1 Å². The smallest absolute Gasteiger partial charge is 0.243 e. The lowest BCUT2D eigenvalue weighted by Crippen LogP contribution is -2.56. The molecule has 0 aliphatic carbocycles.